The molecule has 0 bridgehead atoms. The predicted octanol–water partition coefficient (Wildman–Crippen LogP) is 5.81. The smallest absolute Gasteiger partial charge is 0.174 e. The van der Waals surface area contributed by atoms with Gasteiger partial charge < -0.3 is 14.8 Å². The third-order valence-corrected chi connectivity index (χ3v) is 6.35. The van der Waals surface area contributed by atoms with Crippen LogP contribution in [0.25, 0.3) is 5.69 Å². The summed E-state index contributed by atoms with van der Waals surface area (Å²) in [6.45, 7) is 4.20. The Balaban J connectivity index is 1.68. The molecule has 5 rings (SSSR count). The van der Waals surface area contributed by atoms with Crippen LogP contribution in [0.1, 0.15) is 34.6 Å². The average molecular weight is 443 g/mol. The van der Waals surface area contributed by atoms with Gasteiger partial charge in [0, 0.05) is 29.5 Å². The minimum absolute atomic E-state index is 0.160. The number of halogens is 1. The molecule has 1 fully saturated rings. The van der Waals surface area contributed by atoms with Crippen molar-refractivity contribution in [1.29, 1.82) is 0 Å². The van der Waals surface area contributed by atoms with E-state index in [1.165, 1.54) is 17.2 Å². The molecule has 6 heteroatoms. The number of pyridine rings is 1. The van der Waals surface area contributed by atoms with Gasteiger partial charge in [0.25, 0.3) is 0 Å². The molecule has 4 nitrogen and oxygen atoms in total. The number of aromatic nitrogens is 2. The zero-order valence-electron chi connectivity index (χ0n) is 17.9. The molecule has 1 N–H and O–H groups in total. The molecular formula is C26H23FN4S. The number of rotatable bonds is 4. The summed E-state index contributed by atoms with van der Waals surface area (Å²) in [6, 6.07) is 22.6. The van der Waals surface area contributed by atoms with Crippen molar-refractivity contribution in [2.75, 3.05) is 4.90 Å². The first-order chi connectivity index (χ1) is 15.5. The summed E-state index contributed by atoms with van der Waals surface area (Å²) < 4.78 is 16.0. The van der Waals surface area contributed by atoms with Gasteiger partial charge in [-0.1, -0.05) is 18.2 Å². The van der Waals surface area contributed by atoms with E-state index in [2.05, 4.69) is 53.3 Å². The van der Waals surface area contributed by atoms with Crippen molar-refractivity contribution in [1.82, 2.24) is 14.9 Å². The highest BCUT2D eigenvalue weighted by Gasteiger charge is 2.42. The molecule has 3 heterocycles. The van der Waals surface area contributed by atoms with Gasteiger partial charge in [-0.2, -0.15) is 0 Å². The first kappa shape index (κ1) is 20.4. The van der Waals surface area contributed by atoms with Crippen LogP contribution < -0.4 is 10.2 Å². The maximum Gasteiger partial charge on any atom is 0.174 e. The Morgan fingerprint density at radius 3 is 2.53 bits per heavy atom. The standard InChI is InChI=1S/C26H23FN4S/c1-17-11-12-21(15-18(17)2)31-25(24(29-26(31)32)22-9-3-4-13-28-22)23-10-6-14-30(23)20-8-5-7-19(27)16-20/h3-16,24-25H,1-2H3,(H,29,32)/t24-,25-/m1/s1. The van der Waals surface area contributed by atoms with Crippen molar-refractivity contribution in [2.24, 2.45) is 0 Å². The van der Waals surface area contributed by atoms with E-state index >= 15 is 0 Å². The lowest BCUT2D eigenvalue weighted by Crippen LogP contribution is -2.30. The number of hydrogen-bond donors (Lipinski definition) is 1. The molecule has 1 aliphatic rings. The number of nitrogens with zero attached hydrogens (tertiary/aromatic N) is 3. The van der Waals surface area contributed by atoms with Crippen LogP contribution in [0.2, 0.25) is 0 Å². The first-order valence-electron chi connectivity index (χ1n) is 10.5. The molecule has 0 amide bonds. The Bertz CT molecular complexity index is 1280. The van der Waals surface area contributed by atoms with E-state index in [-0.39, 0.29) is 17.9 Å². The lowest BCUT2D eigenvalue weighted by molar-refractivity contribution is 0.548. The van der Waals surface area contributed by atoms with Crippen LogP contribution >= 0.6 is 12.2 Å². The quantitative estimate of drug-likeness (QED) is 0.405. The Morgan fingerprint density at radius 1 is 0.906 bits per heavy atom. The topological polar surface area (TPSA) is 33.1 Å². The van der Waals surface area contributed by atoms with Crippen molar-refractivity contribution in [3.63, 3.8) is 0 Å². The summed E-state index contributed by atoms with van der Waals surface area (Å²) >= 11 is 5.83. The van der Waals surface area contributed by atoms with Crippen LogP contribution in [-0.4, -0.2) is 14.7 Å². The van der Waals surface area contributed by atoms with E-state index in [9.17, 15) is 4.39 Å². The molecule has 1 aliphatic heterocycles. The van der Waals surface area contributed by atoms with E-state index in [1.54, 1.807) is 18.3 Å². The van der Waals surface area contributed by atoms with Gasteiger partial charge in [0.1, 0.15) is 11.9 Å². The van der Waals surface area contributed by atoms with Crippen LogP contribution in [0.15, 0.2) is 85.2 Å². The fourth-order valence-electron chi connectivity index (χ4n) is 4.31. The number of benzene rings is 2. The normalized spacial score (nSPS) is 18.1. The molecule has 0 aliphatic carbocycles. The molecule has 2 aromatic heterocycles. The monoisotopic (exact) mass is 442 g/mol. The molecule has 0 unspecified atom stereocenters. The molecule has 32 heavy (non-hydrogen) atoms. The van der Waals surface area contributed by atoms with Crippen molar-refractivity contribution in [3.8, 4) is 5.69 Å². The van der Waals surface area contributed by atoms with Crippen molar-refractivity contribution in [3.05, 3.63) is 114 Å². The number of hydrogen-bond acceptors (Lipinski definition) is 2. The largest absolute Gasteiger partial charge is 0.351 e. The van der Waals surface area contributed by atoms with Gasteiger partial charge in [0.2, 0.25) is 0 Å². The zero-order valence-corrected chi connectivity index (χ0v) is 18.7. The number of thiocarbonyl (C=S) groups is 1. The van der Waals surface area contributed by atoms with Crippen LogP contribution in [0.3, 0.4) is 0 Å². The SMILES string of the molecule is Cc1ccc(N2C(=S)N[C@H](c3ccccn3)[C@H]2c2cccn2-c2cccc(F)c2)cc1C. The van der Waals surface area contributed by atoms with Crippen LogP contribution in [0, 0.1) is 19.7 Å². The second-order valence-electron chi connectivity index (χ2n) is 8.05. The molecule has 0 spiro atoms. The minimum Gasteiger partial charge on any atom is -0.351 e. The third kappa shape index (κ3) is 3.56. The lowest BCUT2D eigenvalue weighted by atomic mass is 10.00. The maximum atomic E-state index is 14.0. The van der Waals surface area contributed by atoms with Crippen LogP contribution in [0.5, 0.6) is 0 Å². The number of anilines is 1. The summed E-state index contributed by atoms with van der Waals surface area (Å²) in [5, 5.41) is 4.13. The van der Waals surface area contributed by atoms with Crippen molar-refractivity contribution in [2.45, 2.75) is 25.9 Å². The summed E-state index contributed by atoms with van der Waals surface area (Å²) in [7, 11) is 0. The fourth-order valence-corrected chi connectivity index (χ4v) is 4.65. The van der Waals surface area contributed by atoms with E-state index < -0.39 is 0 Å². The van der Waals surface area contributed by atoms with Gasteiger partial charge in [-0.3, -0.25) is 4.98 Å². The van der Waals surface area contributed by atoms with Gasteiger partial charge in [0.05, 0.1) is 11.7 Å². The lowest BCUT2D eigenvalue weighted by Gasteiger charge is -2.29. The summed E-state index contributed by atoms with van der Waals surface area (Å²) in [5.41, 5.74) is 6.11. The summed E-state index contributed by atoms with van der Waals surface area (Å²) in [5.74, 6) is -0.269. The molecule has 2 aromatic carbocycles. The first-order valence-corrected chi connectivity index (χ1v) is 10.9. The number of aryl methyl sites for hydroxylation is 2. The van der Waals surface area contributed by atoms with Gasteiger partial charge in [-0.05, 0) is 91.8 Å². The summed E-state index contributed by atoms with van der Waals surface area (Å²) in [4.78, 5) is 6.76. The zero-order chi connectivity index (χ0) is 22.2. The Kier molecular flexibility index (Phi) is 5.23. The Hall–Kier alpha value is -3.51. The minimum atomic E-state index is -0.269. The Morgan fingerprint density at radius 2 is 1.78 bits per heavy atom. The highest BCUT2D eigenvalue weighted by Crippen LogP contribution is 2.42. The van der Waals surface area contributed by atoms with Gasteiger partial charge >= 0.3 is 0 Å². The predicted molar refractivity (Wildman–Crippen MR) is 130 cm³/mol. The van der Waals surface area contributed by atoms with E-state index in [4.69, 9.17) is 12.2 Å². The summed E-state index contributed by atoms with van der Waals surface area (Å²) in [6.07, 6.45) is 3.75. The second kappa shape index (κ2) is 8.20. The molecule has 160 valence electrons. The highest BCUT2D eigenvalue weighted by atomic mass is 32.1. The molecule has 1 saturated heterocycles. The fraction of sp³-hybridized carbons (Fsp3) is 0.154. The molecule has 0 radical (unpaired) electrons. The molecule has 4 aromatic rings. The molecule has 0 saturated carbocycles. The molecule has 2 atom stereocenters. The van der Waals surface area contributed by atoms with E-state index in [0.29, 0.717) is 5.11 Å². The van der Waals surface area contributed by atoms with Crippen molar-refractivity contribution >= 4 is 23.0 Å². The third-order valence-electron chi connectivity index (χ3n) is 6.04. The van der Waals surface area contributed by atoms with E-state index in [0.717, 1.165) is 22.8 Å². The number of nitrogens with one attached hydrogen (secondary N) is 1. The van der Waals surface area contributed by atoms with Crippen LogP contribution in [-0.2, 0) is 0 Å². The van der Waals surface area contributed by atoms with Crippen molar-refractivity contribution < 1.29 is 4.39 Å². The maximum absolute atomic E-state index is 14.0. The molecular weight excluding hydrogens is 419 g/mol. The van der Waals surface area contributed by atoms with E-state index in [1.807, 2.05) is 41.1 Å². The average Bonchev–Trinajstić information content (AvgIpc) is 3.40. The van der Waals surface area contributed by atoms with Gasteiger partial charge in [-0.15, -0.1) is 0 Å². The Labute approximate surface area is 192 Å². The second-order valence-corrected chi connectivity index (χ2v) is 8.43. The highest BCUT2D eigenvalue weighted by molar-refractivity contribution is 7.80. The van der Waals surface area contributed by atoms with Crippen LogP contribution in [0.4, 0.5) is 10.1 Å². The van der Waals surface area contributed by atoms with Gasteiger partial charge in [-0.25, -0.2) is 4.39 Å². The van der Waals surface area contributed by atoms with Gasteiger partial charge in [0.15, 0.2) is 5.11 Å².